The summed E-state index contributed by atoms with van der Waals surface area (Å²) in [6.45, 7) is 10.4. The van der Waals surface area contributed by atoms with E-state index in [9.17, 15) is 19.6 Å². The number of methoxy groups -OCH3 is 1. The summed E-state index contributed by atoms with van der Waals surface area (Å²) < 4.78 is 13.5. The van der Waals surface area contributed by atoms with Gasteiger partial charge >= 0.3 is 0 Å². The van der Waals surface area contributed by atoms with E-state index in [0.717, 1.165) is 25.5 Å². The molecule has 3 saturated carbocycles. The quantitative estimate of drug-likeness (QED) is 0.337. The number of rotatable bonds is 8. The number of fused-ring (bicyclic) bond motifs is 2. The Morgan fingerprint density at radius 3 is 2.40 bits per heavy atom. The van der Waals surface area contributed by atoms with Crippen LogP contribution in [0.2, 0.25) is 0 Å². The van der Waals surface area contributed by atoms with Crippen molar-refractivity contribution in [1.82, 2.24) is 9.99 Å². The van der Waals surface area contributed by atoms with E-state index in [0.29, 0.717) is 42.7 Å². The van der Waals surface area contributed by atoms with Crippen molar-refractivity contribution in [2.24, 2.45) is 28.6 Å². The molecule has 0 aliphatic heterocycles. The molecule has 1 aromatic carbocycles. The second kappa shape index (κ2) is 11.7. The zero-order valence-corrected chi connectivity index (χ0v) is 25.8. The van der Waals surface area contributed by atoms with Gasteiger partial charge in [0.15, 0.2) is 0 Å². The molecule has 40 heavy (non-hydrogen) atoms. The van der Waals surface area contributed by atoms with Crippen molar-refractivity contribution < 1.29 is 23.9 Å². The number of carbonyl (C=O) groups is 3. The fourth-order valence-corrected chi connectivity index (χ4v) is 7.24. The molecule has 9 heteroatoms. The van der Waals surface area contributed by atoms with Crippen LogP contribution in [0.4, 0.5) is 0 Å². The fourth-order valence-electron chi connectivity index (χ4n) is 6.62. The Morgan fingerprint density at radius 1 is 1.18 bits per heavy atom. The van der Waals surface area contributed by atoms with Crippen LogP contribution in [0.3, 0.4) is 0 Å². The number of hydrogen-bond acceptors (Lipinski definition) is 6. The second-order valence-corrected chi connectivity index (χ2v) is 14.0. The Bertz CT molecular complexity index is 1180. The highest BCUT2D eigenvalue weighted by Gasteiger charge is 2.53. The van der Waals surface area contributed by atoms with Crippen LogP contribution in [-0.4, -0.2) is 48.1 Å². The Morgan fingerprint density at radius 2 is 1.82 bits per heavy atom. The van der Waals surface area contributed by atoms with E-state index in [4.69, 9.17) is 9.47 Å². The van der Waals surface area contributed by atoms with Crippen molar-refractivity contribution in [2.75, 3.05) is 7.11 Å². The molecule has 218 valence electrons. The lowest BCUT2D eigenvalue weighted by atomic mass is 9.76. The number of nitriles is 1. The second-order valence-electron chi connectivity index (χ2n) is 13.4. The Kier molecular flexibility index (Phi) is 8.85. The average Bonchev–Trinajstić information content (AvgIpc) is 3.54. The van der Waals surface area contributed by atoms with Gasteiger partial charge in [0.2, 0.25) is 5.91 Å². The van der Waals surface area contributed by atoms with Gasteiger partial charge in [-0.3, -0.25) is 9.59 Å². The molecule has 4 rings (SSSR count). The lowest BCUT2D eigenvalue weighted by molar-refractivity contribution is -0.135. The van der Waals surface area contributed by atoms with Crippen molar-refractivity contribution in [1.29, 1.82) is 5.26 Å². The van der Waals surface area contributed by atoms with Crippen molar-refractivity contribution in [2.45, 2.75) is 97.8 Å². The highest BCUT2D eigenvalue weighted by atomic mass is 31.0. The molecular weight excluding hydrogens is 525 g/mol. The summed E-state index contributed by atoms with van der Waals surface area (Å²) >= 11 is 0. The molecule has 1 N–H and O–H groups in total. The number of nitrogens with one attached hydrogen (secondary N) is 1. The van der Waals surface area contributed by atoms with Crippen LogP contribution in [-0.2, 0) is 9.59 Å². The van der Waals surface area contributed by atoms with E-state index in [1.54, 1.807) is 16.8 Å². The van der Waals surface area contributed by atoms with E-state index < -0.39 is 0 Å². The van der Waals surface area contributed by atoms with Crippen LogP contribution in [0, 0.1) is 39.9 Å². The maximum absolute atomic E-state index is 13.8. The first-order valence-electron chi connectivity index (χ1n) is 14.5. The van der Waals surface area contributed by atoms with E-state index in [-0.39, 0.29) is 64.1 Å². The molecule has 0 heterocycles. The summed E-state index contributed by atoms with van der Waals surface area (Å²) in [5.41, 5.74) is 0.156. The van der Waals surface area contributed by atoms with Crippen LogP contribution in [0.25, 0.3) is 0 Å². The molecule has 0 saturated heterocycles. The molecular formula is C31H44N3O5P. The normalized spacial score (nSPS) is 30.2. The van der Waals surface area contributed by atoms with Gasteiger partial charge in [-0.2, -0.15) is 5.26 Å². The molecule has 1 aromatic rings. The number of benzene rings is 1. The standard InChI is InChI=1S/C31H44N3O5P/c1-18(30(2,3)4)34(40)29(37)26-19-7-8-20(13-19)27(26)33-28(36)23-15-24(21(16-32)14-25(23)38-6)39-22-9-11-31(5,17-35)12-10-22/h14-15,17-20,22,26-27H,7-13,40H2,1-6H3,(H,33,36)/t18-,19-,20-,22-,26-,27+,31+/m0/s1. The van der Waals surface area contributed by atoms with Gasteiger partial charge in [0.25, 0.3) is 5.91 Å². The molecule has 8 nitrogen and oxygen atoms in total. The van der Waals surface area contributed by atoms with Gasteiger partial charge in [-0.1, -0.05) is 27.7 Å². The van der Waals surface area contributed by atoms with Gasteiger partial charge in [0.1, 0.15) is 23.9 Å². The summed E-state index contributed by atoms with van der Waals surface area (Å²) in [6, 6.07) is 5.05. The molecule has 1 unspecified atom stereocenters. The smallest absolute Gasteiger partial charge is 0.255 e. The van der Waals surface area contributed by atoms with E-state index in [1.807, 2.05) is 6.92 Å². The van der Waals surface area contributed by atoms with Gasteiger partial charge in [-0.25, -0.2) is 0 Å². The first kappa shape index (κ1) is 30.3. The predicted molar refractivity (Wildman–Crippen MR) is 156 cm³/mol. The molecule has 3 aliphatic rings. The maximum atomic E-state index is 13.8. The highest BCUT2D eigenvalue weighted by molar-refractivity contribution is 7.14. The third-order valence-corrected chi connectivity index (χ3v) is 10.4. The van der Waals surface area contributed by atoms with E-state index in [2.05, 4.69) is 48.5 Å². The summed E-state index contributed by atoms with van der Waals surface area (Å²) in [5, 5.41) is 13.0. The molecule has 0 aromatic heterocycles. The molecule has 0 spiro atoms. The number of amides is 2. The number of aldehydes is 1. The van der Waals surface area contributed by atoms with Crippen LogP contribution in [0.15, 0.2) is 12.1 Å². The van der Waals surface area contributed by atoms with Gasteiger partial charge in [-0.15, -0.1) is 0 Å². The zero-order valence-electron chi connectivity index (χ0n) is 24.7. The zero-order chi connectivity index (χ0) is 29.4. The largest absolute Gasteiger partial charge is 0.496 e. The molecule has 3 fully saturated rings. The fraction of sp³-hybridized carbons (Fsp3) is 0.677. The number of hydrogen-bond donors (Lipinski definition) is 1. The van der Waals surface area contributed by atoms with Crippen molar-refractivity contribution in [3.05, 3.63) is 23.3 Å². The molecule has 0 radical (unpaired) electrons. The van der Waals surface area contributed by atoms with Gasteiger partial charge in [-0.05, 0) is 84.6 Å². The minimum absolute atomic E-state index is 0.0167. The maximum Gasteiger partial charge on any atom is 0.255 e. The Labute approximate surface area is 240 Å². The number of ether oxygens (including phenoxy) is 2. The van der Waals surface area contributed by atoms with E-state index >= 15 is 0 Å². The van der Waals surface area contributed by atoms with Crippen LogP contribution in [0.5, 0.6) is 11.5 Å². The lowest BCUT2D eigenvalue weighted by Gasteiger charge is -2.39. The minimum Gasteiger partial charge on any atom is -0.496 e. The van der Waals surface area contributed by atoms with Gasteiger partial charge in [0, 0.05) is 23.6 Å². The molecule has 6 atom stereocenters. The molecule has 2 amide bonds. The van der Waals surface area contributed by atoms with Crippen molar-refractivity contribution >= 4 is 27.5 Å². The highest BCUT2D eigenvalue weighted by Crippen LogP contribution is 2.50. The minimum atomic E-state index is -0.339. The third-order valence-electron chi connectivity index (χ3n) is 9.74. The number of nitrogens with zero attached hydrogens (tertiary/aromatic N) is 2. The summed E-state index contributed by atoms with van der Waals surface area (Å²) in [7, 11) is 4.09. The third kappa shape index (κ3) is 6.00. The molecule has 3 aliphatic carbocycles. The topological polar surface area (TPSA) is 109 Å². The Balaban J connectivity index is 1.56. The number of carbonyl (C=O) groups excluding carboxylic acids is 3. The Hall–Kier alpha value is -2.65. The van der Waals surface area contributed by atoms with Crippen LogP contribution >= 0.6 is 9.39 Å². The van der Waals surface area contributed by atoms with Crippen LogP contribution < -0.4 is 14.8 Å². The van der Waals surface area contributed by atoms with Crippen molar-refractivity contribution in [3.63, 3.8) is 0 Å². The average molecular weight is 570 g/mol. The first-order chi connectivity index (χ1) is 18.8. The SMILES string of the molecule is COc1cc(C#N)c(O[C@H]2CC[C@@](C)(C=O)CC2)cc1C(=O)N[C@@H]1[C@H]2CC[C@@H](C2)[C@@H]1C(=O)N(P)[C@@H](C)C(C)(C)C. The first-order valence-corrected chi connectivity index (χ1v) is 15.0. The van der Waals surface area contributed by atoms with Gasteiger partial charge < -0.3 is 24.3 Å². The van der Waals surface area contributed by atoms with Crippen LogP contribution in [0.1, 0.15) is 95.5 Å². The summed E-state index contributed by atoms with van der Waals surface area (Å²) in [6.07, 6.45) is 6.62. The van der Waals surface area contributed by atoms with E-state index in [1.165, 1.54) is 7.11 Å². The monoisotopic (exact) mass is 569 g/mol. The summed E-state index contributed by atoms with van der Waals surface area (Å²) in [4.78, 5) is 38.9. The van der Waals surface area contributed by atoms with Crippen molar-refractivity contribution in [3.8, 4) is 17.6 Å². The van der Waals surface area contributed by atoms with Gasteiger partial charge in [0.05, 0.1) is 30.3 Å². The predicted octanol–water partition coefficient (Wildman–Crippen LogP) is 5.29. The molecule has 2 bridgehead atoms. The lowest BCUT2D eigenvalue weighted by Crippen LogP contribution is -2.51. The summed E-state index contributed by atoms with van der Waals surface area (Å²) in [5.74, 6) is 0.573.